The van der Waals surface area contributed by atoms with E-state index in [4.69, 9.17) is 59.1 Å². The number of nitrogens with two attached hydrogens (primary N) is 7. The summed E-state index contributed by atoms with van der Waals surface area (Å²) >= 11 is 0. The summed E-state index contributed by atoms with van der Waals surface area (Å²) in [5, 5.41) is 25.9. The maximum atomic E-state index is 14.3. The summed E-state index contributed by atoms with van der Waals surface area (Å²) < 4.78 is 21.6. The van der Waals surface area contributed by atoms with Gasteiger partial charge in [0.25, 0.3) is 23.6 Å². The average Bonchev–Trinajstić information content (AvgIpc) is 2.33. The number of hydrogen-bond donors (Lipinski definition) is 17. The molecule has 0 spiro atoms. The highest BCUT2D eigenvalue weighted by Gasteiger charge is 2.29. The fraction of sp³-hybridized carbons (Fsp3) is 0.357. The number of primary amides is 4. The van der Waals surface area contributed by atoms with Gasteiger partial charge in [-0.3, -0.25) is 43.3 Å². The summed E-state index contributed by atoms with van der Waals surface area (Å²) in [6.07, 6.45) is 0.788. The van der Waals surface area contributed by atoms with Crippen molar-refractivity contribution in [3.05, 3.63) is 95.1 Å². The zero-order valence-electron chi connectivity index (χ0n) is 49.3. The maximum Gasteiger partial charge on any atom is 0.312 e. The molecule has 4 unspecified atom stereocenters. The van der Waals surface area contributed by atoms with Crippen molar-refractivity contribution in [3.63, 3.8) is 0 Å². The van der Waals surface area contributed by atoms with E-state index in [-0.39, 0.29) is 145 Å². The molecule has 0 bridgehead atoms. The molecule has 480 valence electrons. The van der Waals surface area contributed by atoms with E-state index in [1.165, 1.54) is 101 Å². The maximum absolute atomic E-state index is 14.3. The van der Waals surface area contributed by atoms with Gasteiger partial charge in [0, 0.05) is 48.9 Å². The van der Waals surface area contributed by atoms with Gasteiger partial charge in [0.1, 0.15) is 41.1 Å². The van der Waals surface area contributed by atoms with Gasteiger partial charge in [0.05, 0.1) is 56.7 Å². The van der Waals surface area contributed by atoms with E-state index in [1.807, 2.05) is 0 Å². The molecule has 33 heteroatoms. The Morgan fingerprint density at radius 1 is 0.404 bits per heavy atom. The molecular weight excluding hydrogens is 1160 g/mol. The molecule has 0 saturated carbocycles. The van der Waals surface area contributed by atoms with Gasteiger partial charge in [-0.1, -0.05) is 0 Å². The SMILES string of the molecule is COc1ccc(NC(=O)C(CCCNC(N)=O)NC(=O)c2cc(NC(=O)C(CCCNC(N)=O)NC(=O)c3cc(NC(=O)C(CCCN=C(N)N)NC(=O)c4cc(NC(=O)C(N)CCCNC(N)=O)ccc4OC)ccc3OC)ccc2OC)cc1C(N)=O. The number of benzene rings is 4. The highest BCUT2D eigenvalue weighted by Crippen LogP contribution is 2.28. The summed E-state index contributed by atoms with van der Waals surface area (Å²) in [6, 6.07) is 9.06. The van der Waals surface area contributed by atoms with Crippen molar-refractivity contribution in [1.82, 2.24) is 31.9 Å². The number of ether oxygens (including phenoxy) is 4. The Morgan fingerprint density at radius 3 is 1.00 bits per heavy atom. The first-order valence-corrected chi connectivity index (χ1v) is 27.5. The fourth-order valence-electron chi connectivity index (χ4n) is 8.51. The van der Waals surface area contributed by atoms with Crippen LogP contribution in [0, 0.1) is 0 Å². The van der Waals surface area contributed by atoms with Gasteiger partial charge >= 0.3 is 18.1 Å². The van der Waals surface area contributed by atoms with Crippen LogP contribution in [-0.4, -0.2) is 150 Å². The first-order chi connectivity index (χ1) is 42.4. The summed E-state index contributed by atoms with van der Waals surface area (Å²) in [5.74, 6) is -6.25. The molecule has 4 rings (SSSR count). The molecule has 0 aliphatic heterocycles. The summed E-state index contributed by atoms with van der Waals surface area (Å²) in [5.41, 5.74) is 38.1. The van der Waals surface area contributed by atoms with Crippen LogP contribution in [-0.2, 0) is 19.2 Å². The van der Waals surface area contributed by atoms with Gasteiger partial charge < -0.3 is 112 Å². The molecule has 0 aliphatic rings. The molecule has 33 nitrogen and oxygen atoms in total. The van der Waals surface area contributed by atoms with Crippen LogP contribution in [0.3, 0.4) is 0 Å². The number of hydrogen-bond acceptors (Lipinski definition) is 17. The smallest absolute Gasteiger partial charge is 0.312 e. The lowest BCUT2D eigenvalue weighted by Crippen LogP contribution is -2.45. The molecule has 14 amide bonds. The number of nitrogens with zero attached hydrogens (tertiary/aromatic N) is 1. The van der Waals surface area contributed by atoms with Crippen molar-refractivity contribution in [2.45, 2.75) is 75.5 Å². The first kappa shape index (κ1) is 70.4. The van der Waals surface area contributed by atoms with Crippen LogP contribution in [0.4, 0.5) is 37.1 Å². The van der Waals surface area contributed by atoms with Crippen LogP contribution in [0.1, 0.15) is 92.8 Å². The average molecular weight is 1240 g/mol. The minimum absolute atomic E-state index is 0.00130. The quantitative estimate of drug-likeness (QED) is 0.0160. The van der Waals surface area contributed by atoms with Gasteiger partial charge in [0.15, 0.2) is 5.96 Å². The Labute approximate surface area is 510 Å². The molecule has 4 atom stereocenters. The van der Waals surface area contributed by atoms with Crippen LogP contribution < -0.4 is 112 Å². The van der Waals surface area contributed by atoms with Gasteiger partial charge in [-0.05, 0) is 124 Å². The Bertz CT molecular complexity index is 3250. The van der Waals surface area contributed by atoms with E-state index in [2.05, 4.69) is 58.2 Å². The molecular formula is C56H76N18O15. The molecule has 0 aliphatic carbocycles. The molecule has 0 aromatic heterocycles. The van der Waals surface area contributed by atoms with Crippen LogP contribution in [0.2, 0.25) is 0 Å². The van der Waals surface area contributed by atoms with Crippen molar-refractivity contribution in [2.75, 3.05) is 75.9 Å². The molecule has 0 fully saturated rings. The Hall–Kier alpha value is -11.1. The lowest BCUT2D eigenvalue weighted by atomic mass is 10.1. The van der Waals surface area contributed by atoms with Crippen molar-refractivity contribution in [1.29, 1.82) is 0 Å². The third-order valence-electron chi connectivity index (χ3n) is 12.9. The number of aliphatic imine (C=N–C) groups is 1. The lowest BCUT2D eigenvalue weighted by molar-refractivity contribution is -0.118. The van der Waals surface area contributed by atoms with Crippen LogP contribution in [0.5, 0.6) is 23.0 Å². The number of anilines is 4. The zero-order valence-corrected chi connectivity index (χ0v) is 49.3. The number of amides is 14. The number of methoxy groups -OCH3 is 4. The van der Waals surface area contributed by atoms with Gasteiger partial charge in [0.2, 0.25) is 23.6 Å². The number of guanidine groups is 1. The van der Waals surface area contributed by atoms with E-state index in [9.17, 15) is 52.7 Å². The molecule has 4 aromatic rings. The topological polar surface area (TPSA) is 539 Å². The highest BCUT2D eigenvalue weighted by atomic mass is 16.5. The minimum Gasteiger partial charge on any atom is -0.496 e. The molecule has 24 N–H and O–H groups in total. The number of carbonyl (C=O) groups is 11. The number of rotatable bonds is 35. The zero-order chi connectivity index (χ0) is 65.7. The predicted molar refractivity (Wildman–Crippen MR) is 327 cm³/mol. The second-order valence-corrected chi connectivity index (χ2v) is 19.4. The third kappa shape index (κ3) is 23.0. The molecule has 0 radical (unpaired) electrons. The Balaban J connectivity index is 1.60. The monoisotopic (exact) mass is 1240 g/mol. The number of carbonyl (C=O) groups excluding carboxylic acids is 11. The van der Waals surface area contributed by atoms with E-state index in [0.29, 0.717) is 6.42 Å². The minimum atomic E-state index is -1.38. The fourth-order valence-corrected chi connectivity index (χ4v) is 8.51. The lowest BCUT2D eigenvalue weighted by Gasteiger charge is -2.22. The normalized spacial score (nSPS) is 11.9. The molecule has 0 saturated heterocycles. The van der Waals surface area contributed by atoms with Crippen molar-refractivity contribution < 1.29 is 71.7 Å². The van der Waals surface area contributed by atoms with Gasteiger partial charge in [-0.2, -0.15) is 0 Å². The van der Waals surface area contributed by atoms with E-state index < -0.39 is 89.5 Å². The molecule has 0 heterocycles. The van der Waals surface area contributed by atoms with Gasteiger partial charge in [-0.15, -0.1) is 0 Å². The number of urea groups is 3. The first-order valence-electron chi connectivity index (χ1n) is 27.5. The summed E-state index contributed by atoms with van der Waals surface area (Å²) in [6.45, 7) is 0.278. The Morgan fingerprint density at radius 2 is 0.697 bits per heavy atom. The summed E-state index contributed by atoms with van der Waals surface area (Å²) in [7, 11) is 5.19. The van der Waals surface area contributed by atoms with Crippen LogP contribution in [0.25, 0.3) is 0 Å². The summed E-state index contributed by atoms with van der Waals surface area (Å²) in [4.78, 5) is 148. The van der Waals surface area contributed by atoms with E-state index in [1.54, 1.807) is 0 Å². The number of nitrogens with one attached hydrogen (secondary N) is 10. The standard InChI is InChI=1S/C56H76N18O15/c1-86-41-17-13-29(25-33(41)45(58)75)69-50(80)39(11-7-23-66-55(62)84)73-47(77)35-28-32(16-20-43(35)88-3)71-52(82)40(12-8-24-67-56(63)85)74-48(78)36-27-31(15-19-44(36)89-4)70-51(81)38(10-6-21-64-53(59)60)72-46(76)34-26-30(14-18-42(34)87-2)68-49(79)37(57)9-5-22-65-54(61)83/h13-20,25-28,37-40H,5-12,21-24,57H2,1-4H3,(H2,58,75)(H,68,79)(H,69,80)(H,70,81)(H,71,82)(H,72,76)(H,73,77)(H,74,78)(H4,59,60,64)(H3,61,65,83)(H3,62,66,84)(H3,63,67,85). The van der Waals surface area contributed by atoms with Crippen molar-refractivity contribution in [3.8, 4) is 23.0 Å². The van der Waals surface area contributed by atoms with Crippen LogP contribution in [0.15, 0.2) is 77.8 Å². The van der Waals surface area contributed by atoms with Crippen LogP contribution >= 0.6 is 0 Å². The molecule has 4 aromatic carbocycles. The molecule has 89 heavy (non-hydrogen) atoms. The van der Waals surface area contributed by atoms with E-state index in [0.717, 1.165) is 0 Å². The predicted octanol–water partition coefficient (Wildman–Crippen LogP) is -0.304. The largest absolute Gasteiger partial charge is 0.496 e. The van der Waals surface area contributed by atoms with Gasteiger partial charge in [-0.25, -0.2) is 14.4 Å². The van der Waals surface area contributed by atoms with E-state index >= 15 is 0 Å². The second-order valence-electron chi connectivity index (χ2n) is 19.4. The van der Waals surface area contributed by atoms with Crippen molar-refractivity contribution in [2.24, 2.45) is 45.1 Å². The third-order valence-corrected chi connectivity index (χ3v) is 12.9. The second kappa shape index (κ2) is 35.4. The van der Waals surface area contributed by atoms with Crippen molar-refractivity contribution >= 4 is 94.1 Å². The Kier molecular flexibility index (Phi) is 28.0. The highest BCUT2D eigenvalue weighted by molar-refractivity contribution is 6.08.